The molecule has 19 heavy (non-hydrogen) atoms. The second-order valence-electron chi connectivity index (χ2n) is 6.23. The van der Waals surface area contributed by atoms with Crippen molar-refractivity contribution in [2.75, 3.05) is 12.9 Å². The molecule has 3 rings (SSSR count). The van der Waals surface area contributed by atoms with Gasteiger partial charge in [-0.1, -0.05) is 32.0 Å². The Labute approximate surface area is 120 Å². The molecule has 0 radical (unpaired) electrons. The normalized spacial score (nSPS) is 32.5. The van der Waals surface area contributed by atoms with E-state index in [0.29, 0.717) is 18.2 Å². The number of methoxy groups -OCH3 is 1. The summed E-state index contributed by atoms with van der Waals surface area (Å²) >= 11 is 1.99. The van der Waals surface area contributed by atoms with Crippen LogP contribution in [0.5, 0.6) is 0 Å². The van der Waals surface area contributed by atoms with Gasteiger partial charge in [-0.25, -0.2) is 0 Å². The van der Waals surface area contributed by atoms with Crippen LogP contribution in [-0.2, 0) is 4.74 Å². The van der Waals surface area contributed by atoms with Gasteiger partial charge in [-0.15, -0.1) is 11.8 Å². The first kappa shape index (κ1) is 13.5. The zero-order chi connectivity index (χ0) is 13.5. The van der Waals surface area contributed by atoms with Crippen molar-refractivity contribution in [3.8, 4) is 0 Å². The number of hydrogen-bond donors (Lipinski definition) is 1. The Bertz CT molecular complexity index is 460. The van der Waals surface area contributed by atoms with Crippen molar-refractivity contribution in [1.82, 2.24) is 5.32 Å². The van der Waals surface area contributed by atoms with Crippen LogP contribution in [0.25, 0.3) is 0 Å². The quantitative estimate of drug-likeness (QED) is 0.911. The number of benzene rings is 1. The van der Waals surface area contributed by atoms with Crippen LogP contribution >= 0.6 is 11.8 Å². The summed E-state index contributed by atoms with van der Waals surface area (Å²) < 4.78 is 5.55. The molecule has 2 nitrogen and oxygen atoms in total. The van der Waals surface area contributed by atoms with Gasteiger partial charge in [0.2, 0.25) is 0 Å². The zero-order valence-electron chi connectivity index (χ0n) is 12.0. The van der Waals surface area contributed by atoms with Gasteiger partial charge in [0.1, 0.15) is 0 Å². The highest BCUT2D eigenvalue weighted by atomic mass is 32.2. The Hall–Kier alpha value is -0.510. The van der Waals surface area contributed by atoms with Gasteiger partial charge in [-0.3, -0.25) is 0 Å². The summed E-state index contributed by atoms with van der Waals surface area (Å²) in [6, 6.07) is 9.90. The van der Waals surface area contributed by atoms with E-state index in [-0.39, 0.29) is 5.41 Å². The number of rotatable bonds is 3. The molecule has 1 saturated carbocycles. The van der Waals surface area contributed by atoms with E-state index >= 15 is 0 Å². The summed E-state index contributed by atoms with van der Waals surface area (Å²) in [6.07, 6.45) is 2.76. The van der Waals surface area contributed by atoms with E-state index in [1.54, 1.807) is 0 Å². The van der Waals surface area contributed by atoms with E-state index in [0.717, 1.165) is 6.42 Å². The number of fused-ring (bicyclic) bond motifs is 1. The van der Waals surface area contributed by atoms with Crippen molar-refractivity contribution < 1.29 is 4.74 Å². The van der Waals surface area contributed by atoms with E-state index in [1.807, 2.05) is 18.9 Å². The first-order chi connectivity index (χ1) is 9.13. The van der Waals surface area contributed by atoms with Crippen LogP contribution in [0.1, 0.15) is 38.3 Å². The van der Waals surface area contributed by atoms with Crippen LogP contribution in [0, 0.1) is 5.41 Å². The molecule has 3 unspecified atom stereocenters. The Morgan fingerprint density at radius 1 is 1.32 bits per heavy atom. The van der Waals surface area contributed by atoms with E-state index in [9.17, 15) is 0 Å². The lowest BCUT2D eigenvalue weighted by atomic mass is 9.64. The first-order valence-electron chi connectivity index (χ1n) is 7.13. The summed E-state index contributed by atoms with van der Waals surface area (Å²) in [6.45, 7) is 4.62. The van der Waals surface area contributed by atoms with Crippen molar-refractivity contribution in [2.45, 2.75) is 49.8 Å². The highest BCUT2D eigenvalue weighted by Crippen LogP contribution is 2.45. The summed E-state index contributed by atoms with van der Waals surface area (Å²) in [5, 5.41) is 3.87. The lowest BCUT2D eigenvalue weighted by molar-refractivity contribution is -0.101. The predicted octanol–water partition coefficient (Wildman–Crippen LogP) is 3.63. The lowest BCUT2D eigenvalue weighted by Gasteiger charge is -2.53. The average Bonchev–Trinajstić information content (AvgIpc) is 2.43. The number of hydrogen-bond acceptors (Lipinski definition) is 3. The monoisotopic (exact) mass is 277 g/mol. The molecule has 1 aliphatic heterocycles. The van der Waals surface area contributed by atoms with Crippen molar-refractivity contribution >= 4 is 11.8 Å². The maximum absolute atomic E-state index is 5.55. The zero-order valence-corrected chi connectivity index (χ0v) is 12.8. The van der Waals surface area contributed by atoms with Gasteiger partial charge in [0.15, 0.2) is 0 Å². The third kappa shape index (κ3) is 2.32. The van der Waals surface area contributed by atoms with Crippen molar-refractivity contribution in [3.63, 3.8) is 0 Å². The van der Waals surface area contributed by atoms with Crippen LogP contribution in [-0.4, -0.2) is 25.0 Å². The van der Waals surface area contributed by atoms with Gasteiger partial charge < -0.3 is 10.1 Å². The molecule has 2 aliphatic rings. The summed E-state index contributed by atoms with van der Waals surface area (Å²) in [5.41, 5.74) is 1.73. The maximum atomic E-state index is 5.55. The molecular formula is C16H23NOS. The third-order valence-electron chi connectivity index (χ3n) is 4.82. The van der Waals surface area contributed by atoms with Crippen LogP contribution < -0.4 is 5.32 Å². The molecule has 0 saturated heterocycles. The summed E-state index contributed by atoms with van der Waals surface area (Å²) in [7, 11) is 1.83. The van der Waals surface area contributed by atoms with E-state index in [2.05, 4.69) is 43.4 Å². The average molecular weight is 277 g/mol. The molecule has 0 spiro atoms. The molecular weight excluding hydrogens is 254 g/mol. The molecule has 3 atom stereocenters. The minimum absolute atomic E-state index is 0.244. The maximum Gasteiger partial charge on any atom is 0.0652 e. The Morgan fingerprint density at radius 2 is 2.11 bits per heavy atom. The highest BCUT2D eigenvalue weighted by Gasteiger charge is 2.49. The van der Waals surface area contributed by atoms with Crippen molar-refractivity contribution in [1.29, 1.82) is 0 Å². The fourth-order valence-electron chi connectivity index (χ4n) is 3.33. The second-order valence-corrected chi connectivity index (χ2v) is 7.36. The highest BCUT2D eigenvalue weighted by molar-refractivity contribution is 7.99. The topological polar surface area (TPSA) is 21.3 Å². The van der Waals surface area contributed by atoms with Crippen LogP contribution in [0.4, 0.5) is 0 Å². The Balaban J connectivity index is 1.72. The van der Waals surface area contributed by atoms with E-state index < -0.39 is 0 Å². The van der Waals surface area contributed by atoms with Gasteiger partial charge in [0.25, 0.3) is 0 Å². The van der Waals surface area contributed by atoms with Gasteiger partial charge >= 0.3 is 0 Å². The Morgan fingerprint density at radius 3 is 2.84 bits per heavy atom. The molecule has 1 aromatic carbocycles. The predicted molar refractivity (Wildman–Crippen MR) is 80.6 cm³/mol. The second kappa shape index (κ2) is 5.12. The van der Waals surface area contributed by atoms with Crippen LogP contribution in [0.2, 0.25) is 0 Å². The van der Waals surface area contributed by atoms with Gasteiger partial charge in [0.05, 0.1) is 6.10 Å². The van der Waals surface area contributed by atoms with E-state index in [4.69, 9.17) is 4.74 Å². The smallest absolute Gasteiger partial charge is 0.0652 e. The molecule has 0 bridgehead atoms. The fourth-order valence-corrected chi connectivity index (χ4v) is 4.45. The van der Waals surface area contributed by atoms with Gasteiger partial charge in [-0.2, -0.15) is 0 Å². The minimum Gasteiger partial charge on any atom is -0.381 e. The van der Waals surface area contributed by atoms with Crippen LogP contribution in [0.3, 0.4) is 0 Å². The largest absolute Gasteiger partial charge is 0.381 e. The molecule has 1 fully saturated rings. The third-order valence-corrected chi connectivity index (χ3v) is 5.95. The first-order valence-corrected chi connectivity index (χ1v) is 8.12. The fraction of sp³-hybridized carbons (Fsp3) is 0.625. The van der Waals surface area contributed by atoms with Crippen LogP contribution in [0.15, 0.2) is 29.2 Å². The van der Waals surface area contributed by atoms with Crippen molar-refractivity contribution in [2.24, 2.45) is 5.41 Å². The Kier molecular flexibility index (Phi) is 3.63. The van der Waals surface area contributed by atoms with Crippen molar-refractivity contribution in [3.05, 3.63) is 29.8 Å². The number of ether oxygens (including phenoxy) is 1. The van der Waals surface area contributed by atoms with E-state index in [1.165, 1.54) is 22.6 Å². The molecule has 1 aromatic rings. The van der Waals surface area contributed by atoms with Gasteiger partial charge in [-0.05, 0) is 30.2 Å². The molecule has 0 amide bonds. The number of nitrogens with one attached hydrogen (secondary N) is 1. The molecule has 1 heterocycles. The minimum atomic E-state index is 0.244. The number of thioether (sulfide) groups is 1. The molecule has 3 heteroatoms. The molecule has 0 aromatic heterocycles. The lowest BCUT2D eigenvalue weighted by Crippen LogP contribution is -2.61. The summed E-state index contributed by atoms with van der Waals surface area (Å²) in [4.78, 5) is 1.45. The summed E-state index contributed by atoms with van der Waals surface area (Å²) in [5.74, 6) is 1.22. The molecule has 1 aliphatic carbocycles. The molecule has 104 valence electrons. The molecule has 1 N–H and O–H groups in total. The van der Waals surface area contributed by atoms with Gasteiger partial charge in [0, 0.05) is 29.5 Å². The standard InChI is InChI=1S/C16H23NOS/c1-16(2)14(10-15(16)18-3)17-12-8-9-19-13-7-5-4-6-11(12)13/h4-7,12,14-15,17H,8-10H2,1-3H3. The SMILES string of the molecule is COC1CC(NC2CCSc3ccccc32)C1(C)C.